The van der Waals surface area contributed by atoms with E-state index in [2.05, 4.69) is 14.9 Å². The van der Waals surface area contributed by atoms with Gasteiger partial charge in [0.2, 0.25) is 0 Å². The lowest BCUT2D eigenvalue weighted by Gasteiger charge is -2.34. The Bertz CT molecular complexity index is 893. The Morgan fingerprint density at radius 3 is 2.21 bits per heavy atom. The maximum Gasteiger partial charge on any atom is 0.415 e. The number of benzene rings is 1. The monoisotopic (exact) mass is 374 g/mol. The fourth-order valence-corrected chi connectivity index (χ4v) is 3.21. The third-order valence-corrected chi connectivity index (χ3v) is 4.75. The zero-order valence-electron chi connectivity index (χ0n) is 15.6. The van der Waals surface area contributed by atoms with E-state index < -0.39 is 0 Å². The number of aromatic nitrogens is 2. The van der Waals surface area contributed by atoms with E-state index in [0.29, 0.717) is 18.8 Å². The van der Waals surface area contributed by atoms with Crippen LogP contribution >= 0.6 is 0 Å². The number of ether oxygens (including phenoxy) is 1. The van der Waals surface area contributed by atoms with Gasteiger partial charge in [-0.05, 0) is 42.0 Å². The van der Waals surface area contributed by atoms with E-state index in [9.17, 15) is 4.79 Å². The van der Waals surface area contributed by atoms with Crippen LogP contribution in [0.5, 0.6) is 5.75 Å². The van der Waals surface area contributed by atoms with Crippen molar-refractivity contribution >= 4 is 11.9 Å². The second-order valence-corrected chi connectivity index (χ2v) is 6.67. The second kappa shape index (κ2) is 8.52. The molecule has 0 aliphatic carbocycles. The largest absolute Gasteiger partial charge is 0.415 e. The molecule has 0 N–H and O–H groups in total. The number of rotatable bonds is 4. The second-order valence-electron chi connectivity index (χ2n) is 6.67. The first-order valence-electron chi connectivity index (χ1n) is 9.39. The van der Waals surface area contributed by atoms with Crippen molar-refractivity contribution in [2.45, 2.75) is 6.42 Å². The zero-order chi connectivity index (χ0) is 19.2. The number of hydrogen-bond acceptors (Lipinski definition) is 5. The lowest BCUT2D eigenvalue weighted by Crippen LogP contribution is -2.49. The topological polar surface area (TPSA) is 58.6 Å². The van der Waals surface area contributed by atoms with Crippen LogP contribution in [0.15, 0.2) is 73.1 Å². The normalized spacial score (nSPS) is 14.0. The number of carbonyl (C=O) groups is 1. The first kappa shape index (κ1) is 18.0. The Morgan fingerprint density at radius 2 is 1.57 bits per heavy atom. The summed E-state index contributed by atoms with van der Waals surface area (Å²) in [6.45, 7) is 2.73. The van der Waals surface area contributed by atoms with Gasteiger partial charge < -0.3 is 14.5 Å². The van der Waals surface area contributed by atoms with Crippen LogP contribution in [0, 0.1) is 0 Å². The average Bonchev–Trinajstić information content (AvgIpc) is 2.76. The van der Waals surface area contributed by atoms with Crippen molar-refractivity contribution in [3.8, 4) is 5.75 Å². The molecule has 1 aromatic carbocycles. The third-order valence-electron chi connectivity index (χ3n) is 4.75. The summed E-state index contributed by atoms with van der Waals surface area (Å²) in [5.74, 6) is 1.50. The van der Waals surface area contributed by atoms with Crippen molar-refractivity contribution in [3.05, 3.63) is 84.3 Å². The first-order chi connectivity index (χ1) is 13.8. The van der Waals surface area contributed by atoms with Crippen molar-refractivity contribution < 1.29 is 9.53 Å². The number of hydrogen-bond donors (Lipinski definition) is 0. The summed E-state index contributed by atoms with van der Waals surface area (Å²) < 4.78 is 5.54. The van der Waals surface area contributed by atoms with Gasteiger partial charge in [-0.2, -0.15) is 0 Å². The molecule has 142 valence electrons. The minimum absolute atomic E-state index is 0.307. The van der Waals surface area contributed by atoms with Crippen molar-refractivity contribution in [1.82, 2.24) is 14.9 Å². The predicted octanol–water partition coefficient (Wildman–Crippen LogP) is 3.39. The van der Waals surface area contributed by atoms with Gasteiger partial charge in [-0.1, -0.05) is 24.3 Å². The van der Waals surface area contributed by atoms with Crippen LogP contribution in [0.1, 0.15) is 11.3 Å². The first-order valence-corrected chi connectivity index (χ1v) is 9.39. The molecule has 3 aromatic rings. The molecule has 3 heterocycles. The van der Waals surface area contributed by atoms with E-state index in [1.54, 1.807) is 17.3 Å². The molecule has 2 aromatic heterocycles. The van der Waals surface area contributed by atoms with Crippen LogP contribution in [0.3, 0.4) is 0 Å². The number of amides is 1. The maximum absolute atomic E-state index is 12.4. The highest BCUT2D eigenvalue weighted by atomic mass is 16.6. The molecule has 1 aliphatic rings. The molecule has 0 spiro atoms. The van der Waals surface area contributed by atoms with E-state index >= 15 is 0 Å². The van der Waals surface area contributed by atoms with Crippen LogP contribution in [-0.2, 0) is 6.42 Å². The van der Waals surface area contributed by atoms with Gasteiger partial charge in [-0.3, -0.25) is 4.98 Å². The number of pyridine rings is 2. The van der Waals surface area contributed by atoms with Crippen LogP contribution in [0.2, 0.25) is 0 Å². The molecule has 0 bridgehead atoms. The van der Waals surface area contributed by atoms with Gasteiger partial charge in [0.15, 0.2) is 0 Å². The number of nitrogens with zero attached hydrogens (tertiary/aromatic N) is 4. The van der Waals surface area contributed by atoms with Gasteiger partial charge in [0.05, 0.1) is 0 Å². The molecule has 0 atom stereocenters. The molecule has 1 amide bonds. The Hall–Kier alpha value is -3.41. The molecular weight excluding hydrogens is 352 g/mol. The Balaban J connectivity index is 1.29. The molecule has 0 radical (unpaired) electrons. The number of piperazine rings is 1. The highest BCUT2D eigenvalue weighted by molar-refractivity contribution is 5.71. The maximum atomic E-state index is 12.4. The summed E-state index contributed by atoms with van der Waals surface area (Å²) in [6, 6.07) is 19.3. The van der Waals surface area contributed by atoms with E-state index in [1.165, 1.54) is 0 Å². The highest BCUT2D eigenvalue weighted by Crippen LogP contribution is 2.17. The third kappa shape index (κ3) is 4.46. The van der Waals surface area contributed by atoms with Crippen molar-refractivity contribution in [1.29, 1.82) is 0 Å². The fraction of sp³-hybridized carbons (Fsp3) is 0.227. The molecule has 0 saturated carbocycles. The standard InChI is InChI=1S/C22H22N4O2/c27-22(26-15-13-25(14-16-26)21-6-2-4-12-24-21)28-20-9-7-18(8-10-20)17-19-5-1-3-11-23-19/h1-12H,13-17H2. The van der Waals surface area contributed by atoms with Crippen LogP contribution < -0.4 is 9.64 Å². The molecule has 0 unspecified atom stereocenters. The molecule has 1 fully saturated rings. The summed E-state index contributed by atoms with van der Waals surface area (Å²) in [4.78, 5) is 25.1. The van der Waals surface area contributed by atoms with Gasteiger partial charge in [-0.15, -0.1) is 0 Å². The molecule has 1 aliphatic heterocycles. The van der Waals surface area contributed by atoms with Crippen LogP contribution in [0.4, 0.5) is 10.6 Å². The van der Waals surface area contributed by atoms with E-state index in [4.69, 9.17) is 4.74 Å². The summed E-state index contributed by atoms with van der Waals surface area (Å²) >= 11 is 0. The van der Waals surface area contributed by atoms with Gasteiger partial charge in [0.1, 0.15) is 11.6 Å². The predicted molar refractivity (Wildman–Crippen MR) is 108 cm³/mol. The van der Waals surface area contributed by atoms with Gasteiger partial charge in [0.25, 0.3) is 0 Å². The van der Waals surface area contributed by atoms with Crippen molar-refractivity contribution in [2.24, 2.45) is 0 Å². The van der Waals surface area contributed by atoms with E-state index in [-0.39, 0.29) is 6.09 Å². The molecule has 6 nitrogen and oxygen atoms in total. The molecule has 1 saturated heterocycles. The number of carbonyl (C=O) groups excluding carboxylic acids is 1. The van der Waals surface area contributed by atoms with Gasteiger partial charge in [-0.25, -0.2) is 9.78 Å². The lowest BCUT2D eigenvalue weighted by molar-refractivity contribution is 0.149. The van der Waals surface area contributed by atoms with Gasteiger partial charge in [0, 0.05) is 50.7 Å². The molecular formula is C22H22N4O2. The van der Waals surface area contributed by atoms with Gasteiger partial charge >= 0.3 is 6.09 Å². The minimum Gasteiger partial charge on any atom is -0.410 e. The lowest BCUT2D eigenvalue weighted by atomic mass is 10.1. The highest BCUT2D eigenvalue weighted by Gasteiger charge is 2.23. The average molecular weight is 374 g/mol. The van der Waals surface area contributed by atoms with Crippen molar-refractivity contribution in [3.63, 3.8) is 0 Å². The quantitative estimate of drug-likeness (QED) is 0.701. The Kier molecular flexibility index (Phi) is 5.47. The number of anilines is 1. The Morgan fingerprint density at radius 1 is 0.857 bits per heavy atom. The Labute approximate surface area is 164 Å². The molecule has 6 heteroatoms. The summed E-state index contributed by atoms with van der Waals surface area (Å²) in [5, 5.41) is 0. The summed E-state index contributed by atoms with van der Waals surface area (Å²) in [7, 11) is 0. The minimum atomic E-state index is -0.307. The van der Waals surface area contributed by atoms with Crippen molar-refractivity contribution in [2.75, 3.05) is 31.1 Å². The molecule has 4 rings (SSSR count). The van der Waals surface area contributed by atoms with E-state index in [0.717, 1.165) is 36.6 Å². The fourth-order valence-electron chi connectivity index (χ4n) is 3.21. The van der Waals surface area contributed by atoms with Crippen LogP contribution in [0.25, 0.3) is 0 Å². The van der Waals surface area contributed by atoms with Crippen LogP contribution in [-0.4, -0.2) is 47.1 Å². The SMILES string of the molecule is O=C(Oc1ccc(Cc2ccccn2)cc1)N1CCN(c2ccccn2)CC1. The zero-order valence-corrected chi connectivity index (χ0v) is 15.6. The van der Waals surface area contributed by atoms with E-state index in [1.807, 2.05) is 60.7 Å². The summed E-state index contributed by atoms with van der Waals surface area (Å²) in [6.07, 6.45) is 4.02. The molecule has 28 heavy (non-hydrogen) atoms. The smallest absolute Gasteiger partial charge is 0.410 e. The summed E-state index contributed by atoms with van der Waals surface area (Å²) in [5.41, 5.74) is 2.14.